The Morgan fingerprint density at radius 1 is 0.854 bits per heavy atom. The Bertz CT molecular complexity index is 1750. The summed E-state index contributed by atoms with van der Waals surface area (Å²) in [5.41, 5.74) is 1.39. The van der Waals surface area contributed by atoms with E-state index in [9.17, 15) is 26.8 Å². The lowest BCUT2D eigenvalue weighted by atomic mass is 10.0. The van der Waals surface area contributed by atoms with E-state index in [-0.39, 0.29) is 28.8 Å². The molecule has 1 aliphatic rings. The van der Waals surface area contributed by atoms with Crippen LogP contribution in [0.5, 0.6) is 5.75 Å². The summed E-state index contributed by atoms with van der Waals surface area (Å²) in [5.74, 6) is -1.61. The number of benzene rings is 4. The van der Waals surface area contributed by atoms with Gasteiger partial charge in [-0.3, -0.25) is 19.2 Å². The van der Waals surface area contributed by atoms with Gasteiger partial charge in [-0.1, -0.05) is 42.5 Å². The molecule has 0 saturated carbocycles. The summed E-state index contributed by atoms with van der Waals surface area (Å²) < 4.78 is 66.1. The Morgan fingerprint density at radius 3 is 2.12 bits per heavy atom. The molecule has 1 heterocycles. The average molecular weight is 679 g/mol. The van der Waals surface area contributed by atoms with Crippen molar-refractivity contribution in [2.75, 3.05) is 50.7 Å². The molecule has 13 heteroatoms. The summed E-state index contributed by atoms with van der Waals surface area (Å²) in [6.45, 7) is 3.30. The monoisotopic (exact) mass is 678 g/mol. The molecule has 0 aliphatic carbocycles. The molecule has 0 bridgehead atoms. The number of rotatable bonds is 14. The average Bonchev–Trinajstić information content (AvgIpc) is 3.10. The lowest BCUT2D eigenvalue weighted by molar-refractivity contribution is -0.143. The highest BCUT2D eigenvalue weighted by Crippen LogP contribution is 2.25. The summed E-state index contributed by atoms with van der Waals surface area (Å²) in [4.78, 5) is 31.2. The van der Waals surface area contributed by atoms with Crippen molar-refractivity contribution >= 4 is 27.5 Å². The first-order valence-corrected chi connectivity index (χ1v) is 16.8. The minimum atomic E-state index is -3.98. The first-order valence-electron chi connectivity index (χ1n) is 15.4. The second kappa shape index (κ2) is 16.3. The lowest BCUT2D eigenvalue weighted by Gasteiger charge is -2.32. The van der Waals surface area contributed by atoms with Gasteiger partial charge in [0.1, 0.15) is 23.4 Å². The van der Waals surface area contributed by atoms with E-state index in [1.54, 1.807) is 36.4 Å². The fourth-order valence-electron chi connectivity index (χ4n) is 5.15. The molecule has 1 atom stereocenters. The highest BCUT2D eigenvalue weighted by molar-refractivity contribution is 7.92. The van der Waals surface area contributed by atoms with E-state index >= 15 is 0 Å². The van der Waals surface area contributed by atoms with E-state index in [4.69, 9.17) is 9.47 Å². The summed E-state index contributed by atoms with van der Waals surface area (Å²) in [5, 5.41) is 2.98. The first-order chi connectivity index (χ1) is 23.2. The second-order valence-electron chi connectivity index (χ2n) is 11.1. The zero-order chi connectivity index (χ0) is 33.9. The van der Waals surface area contributed by atoms with Crippen molar-refractivity contribution in [2.24, 2.45) is 0 Å². The van der Waals surface area contributed by atoms with E-state index in [0.717, 1.165) is 25.2 Å². The van der Waals surface area contributed by atoms with Gasteiger partial charge in [-0.2, -0.15) is 0 Å². The number of nitrogens with one attached hydrogen (secondary N) is 2. The molecule has 252 valence electrons. The number of amides is 2. The fraction of sp³-hybridized carbons (Fsp3) is 0.257. The number of ether oxygens (including phenoxy) is 2. The minimum absolute atomic E-state index is 0.00878. The third-order valence-corrected chi connectivity index (χ3v) is 9.08. The van der Waals surface area contributed by atoms with Crippen LogP contribution in [-0.4, -0.2) is 76.0 Å². The number of anilines is 1. The van der Waals surface area contributed by atoms with Crippen molar-refractivity contribution in [2.45, 2.75) is 17.5 Å². The molecule has 0 aromatic heterocycles. The maximum Gasteiger partial charge on any atom is 0.261 e. The van der Waals surface area contributed by atoms with Crippen LogP contribution in [0.15, 0.2) is 108 Å². The van der Waals surface area contributed by atoms with Gasteiger partial charge in [0.05, 0.1) is 18.1 Å². The van der Waals surface area contributed by atoms with Gasteiger partial charge >= 0.3 is 0 Å². The Hall–Kier alpha value is -4.85. The molecule has 48 heavy (non-hydrogen) atoms. The molecule has 2 N–H and O–H groups in total. The van der Waals surface area contributed by atoms with Crippen LogP contribution < -0.4 is 14.8 Å². The zero-order valence-corrected chi connectivity index (χ0v) is 26.9. The number of halogens is 2. The van der Waals surface area contributed by atoms with Crippen molar-refractivity contribution < 1.29 is 36.3 Å². The van der Waals surface area contributed by atoms with Crippen LogP contribution in [0, 0.1) is 11.6 Å². The number of nitrogens with zero attached hydrogens (tertiary/aromatic N) is 2. The van der Waals surface area contributed by atoms with Crippen LogP contribution in [0.2, 0.25) is 0 Å². The Morgan fingerprint density at radius 2 is 1.48 bits per heavy atom. The summed E-state index contributed by atoms with van der Waals surface area (Å²) >= 11 is 0. The topological polar surface area (TPSA) is 117 Å². The quantitative estimate of drug-likeness (QED) is 0.204. The molecule has 0 radical (unpaired) electrons. The molecule has 4 aromatic carbocycles. The lowest BCUT2D eigenvalue weighted by Crippen LogP contribution is -2.47. The first kappa shape index (κ1) is 34.5. The van der Waals surface area contributed by atoms with Gasteiger partial charge < -0.3 is 19.7 Å². The van der Waals surface area contributed by atoms with Crippen molar-refractivity contribution in [3.63, 3.8) is 0 Å². The maximum absolute atomic E-state index is 13.9. The number of carbonyl (C=O) groups is 2. The molecule has 5 rings (SSSR count). The number of morpholine rings is 1. The van der Waals surface area contributed by atoms with Gasteiger partial charge in [0.25, 0.3) is 15.9 Å². The molecule has 1 fully saturated rings. The third kappa shape index (κ3) is 9.59. The zero-order valence-electron chi connectivity index (χ0n) is 26.1. The Labute approximate surface area is 278 Å². The predicted molar refractivity (Wildman–Crippen MR) is 176 cm³/mol. The molecule has 0 spiro atoms. The van der Waals surface area contributed by atoms with Crippen LogP contribution in [-0.2, 0) is 30.9 Å². The van der Waals surface area contributed by atoms with E-state index in [0.29, 0.717) is 37.4 Å². The molecule has 1 saturated heterocycles. The van der Waals surface area contributed by atoms with E-state index < -0.39 is 40.2 Å². The number of hydrogen-bond donors (Lipinski definition) is 2. The van der Waals surface area contributed by atoms with Crippen molar-refractivity contribution in [1.29, 1.82) is 0 Å². The second-order valence-corrected chi connectivity index (χ2v) is 12.8. The Kier molecular flexibility index (Phi) is 11.7. The molecule has 1 aliphatic heterocycles. The molecular formula is C35H36F2N4O6S. The number of hydrogen-bond acceptors (Lipinski definition) is 7. The van der Waals surface area contributed by atoms with Crippen molar-refractivity contribution in [1.82, 2.24) is 15.1 Å². The SMILES string of the molecule is O=C(NCCN1CCOCC1)[C@@H](c1ccccc1)N(Cc1ccc(F)cc1)C(=O)COc1ccc(S(=O)(=O)Nc2ccc(F)cc2)cc1. The summed E-state index contributed by atoms with van der Waals surface area (Å²) in [6.07, 6.45) is 0. The van der Waals surface area contributed by atoms with Crippen LogP contribution in [0.1, 0.15) is 17.2 Å². The highest BCUT2D eigenvalue weighted by atomic mass is 32.2. The summed E-state index contributed by atoms with van der Waals surface area (Å²) in [7, 11) is -3.98. The van der Waals surface area contributed by atoms with Gasteiger partial charge in [0.15, 0.2) is 6.61 Å². The highest BCUT2D eigenvalue weighted by Gasteiger charge is 2.32. The fourth-order valence-corrected chi connectivity index (χ4v) is 6.21. The molecule has 4 aromatic rings. The van der Waals surface area contributed by atoms with Crippen LogP contribution >= 0.6 is 0 Å². The molecule has 2 amide bonds. The van der Waals surface area contributed by atoms with Gasteiger partial charge in [-0.15, -0.1) is 0 Å². The minimum Gasteiger partial charge on any atom is -0.484 e. The largest absolute Gasteiger partial charge is 0.484 e. The number of carbonyl (C=O) groups excluding carboxylic acids is 2. The smallest absolute Gasteiger partial charge is 0.261 e. The van der Waals surface area contributed by atoms with Gasteiger partial charge in [-0.05, 0) is 71.8 Å². The van der Waals surface area contributed by atoms with E-state index in [1.807, 2.05) is 6.07 Å². The van der Waals surface area contributed by atoms with Crippen LogP contribution in [0.25, 0.3) is 0 Å². The van der Waals surface area contributed by atoms with Gasteiger partial charge in [0.2, 0.25) is 5.91 Å². The van der Waals surface area contributed by atoms with E-state index in [1.165, 1.54) is 53.4 Å². The molecule has 10 nitrogen and oxygen atoms in total. The molecular weight excluding hydrogens is 642 g/mol. The normalized spacial score (nSPS) is 14.1. The Balaban J connectivity index is 1.31. The van der Waals surface area contributed by atoms with Crippen molar-refractivity contribution in [3.05, 3.63) is 126 Å². The van der Waals surface area contributed by atoms with Crippen LogP contribution in [0.3, 0.4) is 0 Å². The third-order valence-electron chi connectivity index (χ3n) is 7.69. The maximum atomic E-state index is 13.9. The number of sulfonamides is 1. The van der Waals surface area contributed by atoms with Gasteiger partial charge in [-0.25, -0.2) is 17.2 Å². The molecule has 0 unspecified atom stereocenters. The van der Waals surface area contributed by atoms with Gasteiger partial charge in [0, 0.05) is 38.4 Å². The van der Waals surface area contributed by atoms with E-state index in [2.05, 4.69) is 14.9 Å². The van der Waals surface area contributed by atoms with Crippen molar-refractivity contribution in [3.8, 4) is 5.75 Å². The predicted octanol–water partition coefficient (Wildman–Crippen LogP) is 4.36. The standard InChI is InChI=1S/C35H36F2N4O6S/c36-28-8-6-26(7-9-28)24-41(34(27-4-2-1-3-5-27)35(43)38-18-19-40-20-22-46-23-21-40)33(42)25-47-31-14-16-32(17-15-31)48(44,45)39-30-12-10-29(37)11-13-30/h1-17,34,39H,18-25H2,(H,38,43)/t34-/m1/s1. The summed E-state index contributed by atoms with van der Waals surface area (Å²) in [6, 6.07) is 23.9. The van der Waals surface area contributed by atoms with Crippen LogP contribution in [0.4, 0.5) is 14.5 Å².